The molecule has 0 bridgehead atoms. The van der Waals surface area contributed by atoms with Gasteiger partial charge in [-0.2, -0.15) is 0 Å². The maximum Gasteiger partial charge on any atom is 0.336 e. The lowest BCUT2D eigenvalue weighted by molar-refractivity contribution is 0.0689. The van der Waals surface area contributed by atoms with Crippen LogP contribution in [0.25, 0.3) is 0 Å². The average Bonchev–Trinajstić information content (AvgIpc) is 2.46. The zero-order valence-corrected chi connectivity index (χ0v) is 10.8. The predicted octanol–water partition coefficient (Wildman–Crippen LogP) is 2.90. The predicted molar refractivity (Wildman–Crippen MR) is 70.2 cm³/mol. The number of carbonyl (C=O) groups is 2. The van der Waals surface area contributed by atoms with Crippen LogP contribution in [0.4, 0.5) is 0 Å². The summed E-state index contributed by atoms with van der Waals surface area (Å²) in [6.07, 6.45) is 3.94. The van der Waals surface area contributed by atoms with Crippen LogP contribution in [0.15, 0.2) is 36.1 Å². The lowest BCUT2D eigenvalue weighted by Gasteiger charge is -2.20. The van der Waals surface area contributed by atoms with Gasteiger partial charge in [0.1, 0.15) is 0 Å². The number of hydrogen-bond acceptors (Lipinski definition) is 3. The summed E-state index contributed by atoms with van der Waals surface area (Å²) in [5.74, 6) is -0.410. The summed E-state index contributed by atoms with van der Waals surface area (Å²) in [6, 6.07) is 6.37. The second-order valence-corrected chi connectivity index (χ2v) is 4.56. The topological polar surface area (TPSA) is 63.6 Å². The number of ketones is 1. The van der Waals surface area contributed by atoms with Crippen molar-refractivity contribution in [3.05, 3.63) is 47.2 Å². The molecule has 0 amide bonds. The second-order valence-electron chi connectivity index (χ2n) is 4.56. The largest absolute Gasteiger partial charge is 0.501 e. The Bertz CT molecular complexity index is 531. The summed E-state index contributed by atoms with van der Waals surface area (Å²) in [5, 5.41) is 9.11. The zero-order valence-electron chi connectivity index (χ0n) is 10.8. The smallest absolute Gasteiger partial charge is 0.336 e. The Hall–Kier alpha value is -2.10. The first-order valence-corrected chi connectivity index (χ1v) is 6.23. The molecule has 1 unspecified atom stereocenters. The lowest BCUT2D eigenvalue weighted by atomic mass is 9.85. The molecule has 0 heterocycles. The Kier molecular flexibility index (Phi) is 4.00. The van der Waals surface area contributed by atoms with Crippen molar-refractivity contribution in [3.63, 3.8) is 0 Å². The van der Waals surface area contributed by atoms with Gasteiger partial charge in [0.25, 0.3) is 0 Å². The number of Topliss-reactive ketones (excluding diaryl/α,β-unsaturated/α-hetero) is 1. The van der Waals surface area contributed by atoms with Crippen LogP contribution in [0, 0.1) is 5.92 Å². The van der Waals surface area contributed by atoms with Gasteiger partial charge >= 0.3 is 5.97 Å². The zero-order chi connectivity index (χ0) is 13.8. The van der Waals surface area contributed by atoms with Crippen LogP contribution in [-0.4, -0.2) is 24.0 Å². The third kappa shape index (κ3) is 2.84. The molecule has 0 fully saturated rings. The van der Waals surface area contributed by atoms with Gasteiger partial charge in [-0.3, -0.25) is 4.79 Å². The highest BCUT2D eigenvalue weighted by molar-refractivity contribution is 6.06. The highest BCUT2D eigenvalue weighted by Crippen LogP contribution is 2.27. The lowest BCUT2D eigenvalue weighted by Crippen LogP contribution is -2.20. The summed E-state index contributed by atoms with van der Waals surface area (Å²) in [7, 11) is 1.62. The number of aromatic carboxylic acids is 1. The molecule has 1 aliphatic rings. The molecule has 1 atom stereocenters. The molecule has 0 saturated heterocycles. The van der Waals surface area contributed by atoms with E-state index in [1.165, 1.54) is 6.07 Å². The van der Waals surface area contributed by atoms with Gasteiger partial charge in [-0.1, -0.05) is 18.2 Å². The van der Waals surface area contributed by atoms with Crippen molar-refractivity contribution in [2.24, 2.45) is 5.92 Å². The summed E-state index contributed by atoms with van der Waals surface area (Å²) in [5.41, 5.74) is 0.378. The first kappa shape index (κ1) is 13.3. The summed E-state index contributed by atoms with van der Waals surface area (Å²) < 4.78 is 5.14. The molecule has 0 aliphatic heterocycles. The maximum absolute atomic E-state index is 12.4. The normalized spacial score (nSPS) is 18.6. The number of carboxylic acid groups (broad SMARTS) is 1. The number of rotatable bonds is 4. The number of ether oxygens (including phenoxy) is 1. The summed E-state index contributed by atoms with van der Waals surface area (Å²) >= 11 is 0. The Balaban J connectivity index is 2.22. The van der Waals surface area contributed by atoms with Crippen molar-refractivity contribution in [3.8, 4) is 0 Å². The highest BCUT2D eigenvalue weighted by atomic mass is 16.5. The minimum Gasteiger partial charge on any atom is -0.501 e. The molecular weight excluding hydrogens is 244 g/mol. The molecule has 1 aromatic rings. The number of allylic oxidation sites excluding steroid dienone is 2. The van der Waals surface area contributed by atoms with Crippen molar-refractivity contribution < 1.29 is 19.4 Å². The van der Waals surface area contributed by atoms with Gasteiger partial charge in [0.05, 0.1) is 18.4 Å². The van der Waals surface area contributed by atoms with E-state index in [-0.39, 0.29) is 17.3 Å². The minimum atomic E-state index is -1.06. The van der Waals surface area contributed by atoms with Crippen LogP contribution >= 0.6 is 0 Å². The SMILES string of the molecule is COC1=CCC(C(=O)c2ccccc2C(=O)O)CC1. The average molecular weight is 260 g/mol. The van der Waals surface area contributed by atoms with Gasteiger partial charge in [-0.05, 0) is 25.0 Å². The van der Waals surface area contributed by atoms with Crippen molar-refractivity contribution in [2.75, 3.05) is 7.11 Å². The van der Waals surface area contributed by atoms with E-state index in [2.05, 4.69) is 0 Å². The number of hydrogen-bond donors (Lipinski definition) is 1. The summed E-state index contributed by atoms with van der Waals surface area (Å²) in [6.45, 7) is 0. The van der Waals surface area contributed by atoms with Gasteiger partial charge < -0.3 is 9.84 Å². The number of methoxy groups -OCH3 is 1. The van der Waals surface area contributed by atoms with Crippen molar-refractivity contribution in [1.82, 2.24) is 0 Å². The fourth-order valence-electron chi connectivity index (χ4n) is 2.34. The Morgan fingerprint density at radius 2 is 1.95 bits per heavy atom. The molecule has 0 aromatic heterocycles. The fourth-order valence-corrected chi connectivity index (χ4v) is 2.34. The molecule has 1 aromatic carbocycles. The van der Waals surface area contributed by atoms with Crippen LogP contribution in [-0.2, 0) is 4.74 Å². The van der Waals surface area contributed by atoms with Crippen LogP contribution in [0.5, 0.6) is 0 Å². The van der Waals surface area contributed by atoms with E-state index in [0.29, 0.717) is 18.4 Å². The minimum absolute atomic E-state index is 0.0778. The molecule has 100 valence electrons. The first-order chi connectivity index (χ1) is 9.13. The van der Waals surface area contributed by atoms with Crippen LogP contribution in [0.2, 0.25) is 0 Å². The molecule has 0 radical (unpaired) electrons. The van der Waals surface area contributed by atoms with Gasteiger partial charge in [0.15, 0.2) is 5.78 Å². The molecule has 19 heavy (non-hydrogen) atoms. The van der Waals surface area contributed by atoms with E-state index in [0.717, 1.165) is 12.2 Å². The Morgan fingerprint density at radius 3 is 2.47 bits per heavy atom. The molecular formula is C15H16O4. The van der Waals surface area contributed by atoms with Gasteiger partial charge in [0, 0.05) is 17.9 Å². The first-order valence-electron chi connectivity index (χ1n) is 6.23. The number of carbonyl (C=O) groups excluding carboxylic acids is 1. The molecule has 1 aliphatic carbocycles. The van der Waals surface area contributed by atoms with Crippen molar-refractivity contribution >= 4 is 11.8 Å². The Labute approximate surface area is 111 Å². The summed E-state index contributed by atoms with van der Waals surface area (Å²) in [4.78, 5) is 23.5. The molecule has 0 spiro atoms. The fraction of sp³-hybridized carbons (Fsp3) is 0.333. The molecule has 1 N–H and O–H groups in total. The van der Waals surface area contributed by atoms with E-state index >= 15 is 0 Å². The van der Waals surface area contributed by atoms with Crippen LogP contribution in [0.3, 0.4) is 0 Å². The quantitative estimate of drug-likeness (QED) is 0.845. The number of benzene rings is 1. The maximum atomic E-state index is 12.4. The molecule has 4 nitrogen and oxygen atoms in total. The van der Waals surface area contributed by atoms with E-state index in [4.69, 9.17) is 9.84 Å². The number of carboxylic acids is 1. The van der Waals surface area contributed by atoms with Gasteiger partial charge in [-0.15, -0.1) is 0 Å². The van der Waals surface area contributed by atoms with E-state index < -0.39 is 5.97 Å². The standard InChI is InChI=1S/C15H16O4/c1-19-11-8-6-10(7-9-11)14(16)12-4-2-3-5-13(12)15(17)18/h2-5,8,10H,6-7,9H2,1H3,(H,17,18). The third-order valence-electron chi connectivity index (χ3n) is 3.43. The van der Waals surface area contributed by atoms with Gasteiger partial charge in [0.2, 0.25) is 0 Å². The second kappa shape index (κ2) is 5.69. The van der Waals surface area contributed by atoms with Crippen LogP contribution in [0.1, 0.15) is 40.0 Å². The monoisotopic (exact) mass is 260 g/mol. The van der Waals surface area contributed by atoms with Crippen molar-refractivity contribution in [2.45, 2.75) is 19.3 Å². The highest BCUT2D eigenvalue weighted by Gasteiger charge is 2.26. The third-order valence-corrected chi connectivity index (χ3v) is 3.43. The van der Waals surface area contributed by atoms with E-state index in [1.807, 2.05) is 6.08 Å². The van der Waals surface area contributed by atoms with Crippen LogP contribution < -0.4 is 0 Å². The molecule has 2 rings (SSSR count). The van der Waals surface area contributed by atoms with Crippen molar-refractivity contribution in [1.29, 1.82) is 0 Å². The van der Waals surface area contributed by atoms with Gasteiger partial charge in [-0.25, -0.2) is 4.79 Å². The molecule has 4 heteroatoms. The van der Waals surface area contributed by atoms with E-state index in [9.17, 15) is 9.59 Å². The Morgan fingerprint density at radius 1 is 1.26 bits per heavy atom. The molecule has 0 saturated carbocycles. The van der Waals surface area contributed by atoms with E-state index in [1.54, 1.807) is 25.3 Å².